The summed E-state index contributed by atoms with van der Waals surface area (Å²) >= 11 is 0. The number of likely N-dealkylation sites (N-methyl/N-ethyl adjacent to an activating group) is 1. The van der Waals surface area contributed by atoms with Crippen LogP contribution in [0.4, 0.5) is 5.69 Å². The molecule has 0 aliphatic carbocycles. The summed E-state index contributed by atoms with van der Waals surface area (Å²) in [6, 6.07) is 21.1. The number of nitrogens with zero attached hydrogens (tertiary/aromatic N) is 2. The molecule has 4 aromatic rings. The molecule has 0 saturated carbocycles. The summed E-state index contributed by atoms with van der Waals surface area (Å²) in [5.74, 6) is 0. The molecule has 30 heavy (non-hydrogen) atoms. The van der Waals surface area contributed by atoms with Crippen LogP contribution in [0, 0.1) is 0 Å². The third-order valence-electron chi connectivity index (χ3n) is 5.73. The molecule has 2 aromatic heterocycles. The fourth-order valence-electron chi connectivity index (χ4n) is 4.28. The Kier molecular flexibility index (Phi) is 4.72. The van der Waals surface area contributed by atoms with Gasteiger partial charge >= 0.3 is 5.71 Å². The molecule has 5 rings (SSSR count). The maximum absolute atomic E-state index is 6.18. The molecule has 148 valence electrons. The molecule has 3 nitrogen and oxygen atoms in total. The average molecular weight is 394 g/mol. The number of aromatic nitrogens is 1. The van der Waals surface area contributed by atoms with Gasteiger partial charge in [-0.2, -0.15) is 4.57 Å². The van der Waals surface area contributed by atoms with Crippen LogP contribution in [0.2, 0.25) is 0 Å². The van der Waals surface area contributed by atoms with E-state index in [9.17, 15) is 0 Å². The molecule has 0 radical (unpaired) electrons. The normalized spacial score (nSPS) is 15.0. The molecule has 0 bridgehead atoms. The lowest BCUT2D eigenvalue weighted by atomic mass is 10.1. The van der Waals surface area contributed by atoms with E-state index in [1.165, 1.54) is 16.9 Å². The predicted octanol–water partition coefficient (Wildman–Crippen LogP) is 6.34. The molecule has 0 unspecified atom stereocenters. The first-order valence-corrected chi connectivity index (χ1v) is 10.6. The summed E-state index contributed by atoms with van der Waals surface area (Å²) in [7, 11) is 0. The van der Waals surface area contributed by atoms with E-state index in [-0.39, 0.29) is 0 Å². The van der Waals surface area contributed by atoms with E-state index < -0.39 is 0 Å². The van der Waals surface area contributed by atoms with E-state index >= 15 is 0 Å². The van der Waals surface area contributed by atoms with E-state index in [4.69, 9.17) is 4.42 Å². The van der Waals surface area contributed by atoms with Crippen molar-refractivity contribution in [3.8, 4) is 0 Å². The quantitative estimate of drug-likeness (QED) is 0.377. The molecule has 2 aromatic carbocycles. The van der Waals surface area contributed by atoms with Crippen molar-refractivity contribution in [1.29, 1.82) is 0 Å². The summed E-state index contributed by atoms with van der Waals surface area (Å²) in [5, 5.41) is 2.32. The second-order valence-corrected chi connectivity index (χ2v) is 7.41. The van der Waals surface area contributed by atoms with E-state index in [2.05, 4.69) is 102 Å². The lowest BCUT2D eigenvalue weighted by Gasteiger charge is -2.29. The molecule has 0 atom stereocenters. The highest BCUT2D eigenvalue weighted by Gasteiger charge is 2.19. The van der Waals surface area contributed by atoms with Crippen molar-refractivity contribution < 1.29 is 8.98 Å². The number of aryl methyl sites for hydroxylation is 1. The van der Waals surface area contributed by atoms with Crippen LogP contribution in [0.3, 0.4) is 0 Å². The Bertz CT molecular complexity index is 1320. The van der Waals surface area contributed by atoms with Crippen molar-refractivity contribution >= 4 is 39.9 Å². The van der Waals surface area contributed by atoms with Crippen LogP contribution in [0.5, 0.6) is 0 Å². The van der Waals surface area contributed by atoms with Gasteiger partial charge in [-0.15, -0.1) is 0 Å². The van der Waals surface area contributed by atoms with Gasteiger partial charge in [0.25, 0.3) is 0 Å². The molecule has 3 heteroatoms. The van der Waals surface area contributed by atoms with Crippen LogP contribution in [-0.2, 0) is 6.54 Å². The highest BCUT2D eigenvalue weighted by atomic mass is 16.3. The molecule has 0 N–H and O–H groups in total. The van der Waals surface area contributed by atoms with Gasteiger partial charge in [0.15, 0.2) is 0 Å². The number of para-hydroxylation sites is 2. The van der Waals surface area contributed by atoms with Crippen molar-refractivity contribution in [2.24, 2.45) is 0 Å². The Labute approximate surface area is 176 Å². The number of hydrogen-bond acceptors (Lipinski definition) is 2. The Morgan fingerprint density at radius 1 is 0.900 bits per heavy atom. The lowest BCUT2D eigenvalue weighted by molar-refractivity contribution is -0.675. The van der Waals surface area contributed by atoms with Crippen LogP contribution >= 0.6 is 0 Å². The zero-order valence-corrected chi connectivity index (χ0v) is 17.4. The molecule has 0 fully saturated rings. The molecule has 1 aliphatic rings. The zero-order valence-electron chi connectivity index (χ0n) is 17.4. The summed E-state index contributed by atoms with van der Waals surface area (Å²) < 4.78 is 8.41. The standard InChI is InChI=1S/C27H25N2O/c1-3-28-21(17-16-20-10-5-7-14-25(20)28)11-9-12-22-18-19-24-23-13-6-8-15-26(23)30-27(24)29(22)4-2/h5-19H,3-4H2,1-2H3/q+1. The minimum absolute atomic E-state index is 0.849. The number of anilines is 1. The molecule has 3 heterocycles. The van der Waals surface area contributed by atoms with Crippen LogP contribution in [0.25, 0.3) is 34.2 Å². The van der Waals surface area contributed by atoms with Gasteiger partial charge in [0.2, 0.25) is 5.69 Å². The van der Waals surface area contributed by atoms with Crippen LogP contribution < -0.4 is 9.47 Å². The largest absolute Gasteiger partial charge is 0.404 e. The van der Waals surface area contributed by atoms with Gasteiger partial charge in [-0.3, -0.25) is 0 Å². The van der Waals surface area contributed by atoms with Crippen molar-refractivity contribution in [3.63, 3.8) is 0 Å². The second-order valence-electron chi connectivity index (χ2n) is 7.41. The first-order chi connectivity index (χ1) is 14.8. The van der Waals surface area contributed by atoms with E-state index in [1.807, 2.05) is 12.1 Å². The van der Waals surface area contributed by atoms with Gasteiger partial charge in [0.05, 0.1) is 5.39 Å². The van der Waals surface area contributed by atoms with Crippen molar-refractivity contribution in [3.05, 3.63) is 95.8 Å². The first-order valence-electron chi connectivity index (χ1n) is 10.6. The zero-order chi connectivity index (χ0) is 20.5. The lowest BCUT2D eigenvalue weighted by Crippen LogP contribution is -2.36. The number of pyridine rings is 1. The van der Waals surface area contributed by atoms with E-state index in [0.717, 1.165) is 40.9 Å². The van der Waals surface area contributed by atoms with E-state index in [1.54, 1.807) is 0 Å². The van der Waals surface area contributed by atoms with Gasteiger partial charge in [0, 0.05) is 35.5 Å². The molecule has 1 aliphatic heterocycles. The maximum atomic E-state index is 6.18. The highest BCUT2D eigenvalue weighted by Crippen LogP contribution is 2.30. The van der Waals surface area contributed by atoms with Crippen molar-refractivity contribution in [2.45, 2.75) is 20.4 Å². The molecular weight excluding hydrogens is 368 g/mol. The number of rotatable bonds is 4. The van der Waals surface area contributed by atoms with Gasteiger partial charge in [-0.05, 0) is 49.8 Å². The Morgan fingerprint density at radius 3 is 2.60 bits per heavy atom. The number of furan rings is 1. The predicted molar refractivity (Wildman–Crippen MR) is 125 cm³/mol. The van der Waals surface area contributed by atoms with Gasteiger partial charge in [-0.25, -0.2) is 0 Å². The summed E-state index contributed by atoms with van der Waals surface area (Å²) in [6.45, 7) is 6.12. The summed E-state index contributed by atoms with van der Waals surface area (Å²) in [6.07, 6.45) is 10.8. The average Bonchev–Trinajstić information content (AvgIpc) is 3.17. The number of benzene rings is 2. The molecular formula is C27H25N2O+. The molecule has 0 spiro atoms. The Morgan fingerprint density at radius 2 is 1.73 bits per heavy atom. The fraction of sp³-hybridized carbons (Fsp3) is 0.148. The monoisotopic (exact) mass is 393 g/mol. The Balaban J connectivity index is 1.52. The molecule has 0 saturated heterocycles. The number of hydrogen-bond donors (Lipinski definition) is 0. The SMILES string of the molecule is CCN1/C(=C\C=C\c2ccc3c4ccccc4oc3[n+]2CC)C=Cc2ccccc21. The third kappa shape index (κ3) is 3.03. The van der Waals surface area contributed by atoms with Gasteiger partial charge in [-0.1, -0.05) is 48.6 Å². The molecule has 0 amide bonds. The van der Waals surface area contributed by atoms with Crippen molar-refractivity contribution in [2.75, 3.05) is 11.4 Å². The highest BCUT2D eigenvalue weighted by molar-refractivity contribution is 6.02. The van der Waals surface area contributed by atoms with Crippen molar-refractivity contribution in [1.82, 2.24) is 0 Å². The smallest absolute Gasteiger partial charge is 0.382 e. The maximum Gasteiger partial charge on any atom is 0.382 e. The minimum Gasteiger partial charge on any atom is -0.404 e. The number of allylic oxidation sites excluding steroid dienone is 3. The second kappa shape index (κ2) is 7.68. The minimum atomic E-state index is 0.849. The van der Waals surface area contributed by atoms with Gasteiger partial charge < -0.3 is 9.32 Å². The van der Waals surface area contributed by atoms with Crippen LogP contribution in [0.1, 0.15) is 25.1 Å². The Hall–Kier alpha value is -3.59. The van der Waals surface area contributed by atoms with Crippen LogP contribution in [0.15, 0.2) is 89.0 Å². The summed E-state index contributed by atoms with van der Waals surface area (Å²) in [5.41, 5.74) is 6.70. The fourth-order valence-corrected chi connectivity index (χ4v) is 4.28. The van der Waals surface area contributed by atoms with E-state index in [0.29, 0.717) is 0 Å². The van der Waals surface area contributed by atoms with Gasteiger partial charge in [0.1, 0.15) is 12.1 Å². The topological polar surface area (TPSA) is 20.3 Å². The third-order valence-corrected chi connectivity index (χ3v) is 5.73. The van der Waals surface area contributed by atoms with Crippen LogP contribution in [-0.4, -0.2) is 6.54 Å². The first kappa shape index (κ1) is 18.4. The number of fused-ring (bicyclic) bond motifs is 4. The summed E-state index contributed by atoms with van der Waals surface area (Å²) in [4.78, 5) is 2.34.